The number of para-hydroxylation sites is 1. The maximum absolute atomic E-state index is 6.36. The van der Waals surface area contributed by atoms with Crippen LogP contribution in [-0.2, 0) is 9.31 Å². The molecular formula is C28H25BO3. The van der Waals surface area contributed by atoms with Crippen LogP contribution in [0, 0.1) is 0 Å². The number of hydrogen-bond donors (Lipinski definition) is 0. The van der Waals surface area contributed by atoms with Gasteiger partial charge in [0.2, 0.25) is 0 Å². The lowest BCUT2D eigenvalue weighted by molar-refractivity contribution is 0.00578. The molecule has 1 aromatic heterocycles. The van der Waals surface area contributed by atoms with Crippen molar-refractivity contribution in [3.63, 3.8) is 0 Å². The van der Waals surface area contributed by atoms with Crippen LogP contribution in [0.5, 0.6) is 0 Å². The Bertz CT molecular complexity index is 1480. The summed E-state index contributed by atoms with van der Waals surface area (Å²) in [6.45, 7) is 8.35. The van der Waals surface area contributed by atoms with E-state index in [1.54, 1.807) is 0 Å². The Morgan fingerprint density at radius 3 is 2.06 bits per heavy atom. The standard InChI is InChI=1S/C28H25BO3/c1-27(2)28(3,4)32-29(31-27)20-15-18-9-5-6-10-21(18)24(17-20)19-13-14-23-22-11-7-8-12-25(22)30-26(23)16-19/h5-17H,1-4H3. The quantitative estimate of drug-likeness (QED) is 0.298. The van der Waals surface area contributed by atoms with Gasteiger partial charge in [-0.1, -0.05) is 60.7 Å². The number of rotatable bonds is 2. The van der Waals surface area contributed by atoms with E-state index in [0.29, 0.717) is 0 Å². The molecule has 0 amide bonds. The van der Waals surface area contributed by atoms with Crippen molar-refractivity contribution < 1.29 is 13.7 Å². The van der Waals surface area contributed by atoms with E-state index in [9.17, 15) is 0 Å². The maximum Gasteiger partial charge on any atom is 0.494 e. The minimum atomic E-state index is -0.404. The Balaban J connectivity index is 1.54. The molecule has 0 bridgehead atoms. The van der Waals surface area contributed by atoms with E-state index in [4.69, 9.17) is 13.7 Å². The Morgan fingerprint density at radius 1 is 0.625 bits per heavy atom. The zero-order valence-electron chi connectivity index (χ0n) is 18.8. The van der Waals surface area contributed by atoms with E-state index in [2.05, 4.69) is 88.4 Å². The third-order valence-corrected chi connectivity index (χ3v) is 7.10. The Morgan fingerprint density at radius 2 is 1.28 bits per heavy atom. The minimum Gasteiger partial charge on any atom is -0.456 e. The molecule has 158 valence electrons. The molecule has 5 aromatic rings. The first-order valence-corrected chi connectivity index (χ1v) is 11.1. The minimum absolute atomic E-state index is 0.378. The van der Waals surface area contributed by atoms with Crippen LogP contribution >= 0.6 is 0 Å². The first-order chi connectivity index (χ1) is 15.3. The molecule has 0 radical (unpaired) electrons. The fraction of sp³-hybridized carbons (Fsp3) is 0.214. The maximum atomic E-state index is 6.36. The van der Waals surface area contributed by atoms with Crippen molar-refractivity contribution >= 4 is 45.3 Å². The second-order valence-electron chi connectivity index (χ2n) is 9.69. The molecule has 0 saturated carbocycles. The molecule has 6 rings (SSSR count). The Kier molecular flexibility index (Phi) is 4.11. The third kappa shape index (κ3) is 2.91. The molecular weight excluding hydrogens is 395 g/mol. The first-order valence-electron chi connectivity index (χ1n) is 11.1. The van der Waals surface area contributed by atoms with Crippen molar-refractivity contribution in [3.8, 4) is 11.1 Å². The monoisotopic (exact) mass is 420 g/mol. The molecule has 3 nitrogen and oxygen atoms in total. The summed E-state index contributed by atoms with van der Waals surface area (Å²) in [7, 11) is -0.404. The van der Waals surface area contributed by atoms with Crippen molar-refractivity contribution in [1.29, 1.82) is 0 Å². The highest BCUT2D eigenvalue weighted by atomic mass is 16.7. The predicted octanol–water partition coefficient (Wildman–Crippen LogP) is 6.71. The van der Waals surface area contributed by atoms with Crippen molar-refractivity contribution in [2.24, 2.45) is 0 Å². The summed E-state index contributed by atoms with van der Waals surface area (Å²) >= 11 is 0. The normalized spacial score (nSPS) is 17.6. The summed E-state index contributed by atoms with van der Waals surface area (Å²) in [6.07, 6.45) is 0. The highest BCUT2D eigenvalue weighted by Crippen LogP contribution is 2.38. The van der Waals surface area contributed by atoms with Crippen LogP contribution in [0.15, 0.2) is 83.3 Å². The fourth-order valence-corrected chi connectivity index (χ4v) is 4.58. The molecule has 1 aliphatic heterocycles. The summed E-state index contributed by atoms with van der Waals surface area (Å²) in [4.78, 5) is 0. The molecule has 0 spiro atoms. The molecule has 1 saturated heterocycles. The highest BCUT2D eigenvalue weighted by molar-refractivity contribution is 6.62. The molecule has 4 aromatic carbocycles. The lowest BCUT2D eigenvalue weighted by Crippen LogP contribution is -2.41. The van der Waals surface area contributed by atoms with Crippen LogP contribution in [0.1, 0.15) is 27.7 Å². The lowest BCUT2D eigenvalue weighted by atomic mass is 9.76. The van der Waals surface area contributed by atoms with Crippen LogP contribution in [0.3, 0.4) is 0 Å². The van der Waals surface area contributed by atoms with E-state index >= 15 is 0 Å². The Labute approximate surface area is 188 Å². The third-order valence-electron chi connectivity index (χ3n) is 7.10. The van der Waals surface area contributed by atoms with Crippen molar-refractivity contribution in [2.45, 2.75) is 38.9 Å². The second kappa shape index (κ2) is 6.71. The van der Waals surface area contributed by atoms with E-state index in [-0.39, 0.29) is 11.2 Å². The van der Waals surface area contributed by atoms with Crippen molar-refractivity contribution in [2.75, 3.05) is 0 Å². The van der Waals surface area contributed by atoms with Crippen LogP contribution in [0.2, 0.25) is 0 Å². The molecule has 1 aliphatic rings. The average molecular weight is 420 g/mol. The summed E-state index contributed by atoms with van der Waals surface area (Å²) in [5.41, 5.74) is 4.35. The van der Waals surface area contributed by atoms with Crippen LogP contribution < -0.4 is 5.46 Å². The molecule has 1 fully saturated rings. The van der Waals surface area contributed by atoms with Gasteiger partial charge in [0.1, 0.15) is 11.2 Å². The van der Waals surface area contributed by atoms with Crippen molar-refractivity contribution in [3.05, 3.63) is 78.9 Å². The zero-order chi connectivity index (χ0) is 22.1. The van der Waals surface area contributed by atoms with Gasteiger partial charge in [0, 0.05) is 10.8 Å². The van der Waals surface area contributed by atoms with E-state index in [1.165, 1.54) is 10.8 Å². The smallest absolute Gasteiger partial charge is 0.456 e. The van der Waals surface area contributed by atoms with Crippen LogP contribution in [-0.4, -0.2) is 18.3 Å². The van der Waals surface area contributed by atoms with Gasteiger partial charge in [-0.15, -0.1) is 0 Å². The van der Waals surface area contributed by atoms with E-state index < -0.39 is 7.12 Å². The number of fused-ring (bicyclic) bond motifs is 4. The van der Waals surface area contributed by atoms with E-state index in [1.807, 2.05) is 18.2 Å². The number of benzene rings is 4. The molecule has 0 N–H and O–H groups in total. The van der Waals surface area contributed by atoms with Gasteiger partial charge in [-0.05, 0) is 73.3 Å². The predicted molar refractivity (Wildman–Crippen MR) is 132 cm³/mol. The van der Waals surface area contributed by atoms with E-state index in [0.717, 1.165) is 38.5 Å². The Hall–Kier alpha value is -3.08. The average Bonchev–Trinajstić information content (AvgIpc) is 3.25. The lowest BCUT2D eigenvalue weighted by Gasteiger charge is -2.32. The number of hydrogen-bond acceptors (Lipinski definition) is 3. The summed E-state index contributed by atoms with van der Waals surface area (Å²) < 4.78 is 18.9. The summed E-state index contributed by atoms with van der Waals surface area (Å²) in [5.74, 6) is 0. The second-order valence-corrected chi connectivity index (χ2v) is 9.69. The van der Waals surface area contributed by atoms with Gasteiger partial charge >= 0.3 is 7.12 Å². The summed E-state index contributed by atoms with van der Waals surface area (Å²) in [6, 6.07) is 27.5. The summed E-state index contributed by atoms with van der Waals surface area (Å²) in [5, 5.41) is 4.64. The zero-order valence-corrected chi connectivity index (χ0v) is 18.8. The largest absolute Gasteiger partial charge is 0.494 e. The van der Waals surface area contributed by atoms with Crippen LogP contribution in [0.25, 0.3) is 43.8 Å². The van der Waals surface area contributed by atoms with Gasteiger partial charge in [-0.3, -0.25) is 0 Å². The molecule has 2 heterocycles. The molecule has 32 heavy (non-hydrogen) atoms. The first kappa shape index (κ1) is 19.6. The SMILES string of the molecule is CC1(C)OB(c2cc(-c3ccc4c(c3)oc3ccccc34)c3ccccc3c2)OC1(C)C. The van der Waals surface area contributed by atoms with Crippen LogP contribution in [0.4, 0.5) is 0 Å². The van der Waals surface area contributed by atoms with Gasteiger partial charge in [-0.25, -0.2) is 0 Å². The van der Waals surface area contributed by atoms with Gasteiger partial charge in [0.05, 0.1) is 11.2 Å². The molecule has 0 atom stereocenters. The van der Waals surface area contributed by atoms with Gasteiger partial charge in [-0.2, -0.15) is 0 Å². The van der Waals surface area contributed by atoms with Gasteiger partial charge in [0.15, 0.2) is 0 Å². The highest BCUT2D eigenvalue weighted by Gasteiger charge is 2.51. The number of furan rings is 1. The molecule has 4 heteroatoms. The topological polar surface area (TPSA) is 31.6 Å². The van der Waals surface area contributed by atoms with Crippen molar-refractivity contribution in [1.82, 2.24) is 0 Å². The molecule has 0 unspecified atom stereocenters. The fourth-order valence-electron chi connectivity index (χ4n) is 4.58. The van der Waals surface area contributed by atoms with Gasteiger partial charge < -0.3 is 13.7 Å². The van der Waals surface area contributed by atoms with Gasteiger partial charge in [0.25, 0.3) is 0 Å². The molecule has 0 aliphatic carbocycles.